The number of ether oxygens (including phenoxy) is 1. The van der Waals surface area contributed by atoms with Crippen molar-refractivity contribution in [3.63, 3.8) is 0 Å². The summed E-state index contributed by atoms with van der Waals surface area (Å²) >= 11 is 0. The van der Waals surface area contributed by atoms with Gasteiger partial charge in [-0.3, -0.25) is 0 Å². The SMILES string of the molecule is CB1OCc2cc(Oc3ccccc3)c(C)cc21. The number of rotatable bonds is 2. The molecule has 3 heteroatoms. The Kier molecular flexibility index (Phi) is 2.84. The van der Waals surface area contributed by atoms with Crippen molar-refractivity contribution in [2.45, 2.75) is 20.4 Å². The lowest BCUT2D eigenvalue weighted by Gasteiger charge is -2.11. The lowest BCUT2D eigenvalue weighted by Crippen LogP contribution is -2.24. The van der Waals surface area contributed by atoms with Gasteiger partial charge in [-0.25, -0.2) is 0 Å². The van der Waals surface area contributed by atoms with E-state index in [1.807, 2.05) is 30.3 Å². The predicted molar refractivity (Wildman–Crippen MR) is 73.7 cm³/mol. The van der Waals surface area contributed by atoms with Gasteiger partial charge in [0.25, 0.3) is 0 Å². The molecule has 1 aliphatic rings. The van der Waals surface area contributed by atoms with E-state index in [2.05, 4.69) is 25.9 Å². The summed E-state index contributed by atoms with van der Waals surface area (Å²) in [7, 11) is 0. The second kappa shape index (κ2) is 4.50. The maximum absolute atomic E-state index is 5.91. The van der Waals surface area contributed by atoms with E-state index in [0.29, 0.717) is 6.61 Å². The number of para-hydroxylation sites is 1. The summed E-state index contributed by atoms with van der Waals surface area (Å²) < 4.78 is 11.5. The van der Waals surface area contributed by atoms with Crippen LogP contribution in [0.4, 0.5) is 0 Å². The van der Waals surface area contributed by atoms with Crippen molar-refractivity contribution in [2.75, 3.05) is 0 Å². The first-order valence-electron chi connectivity index (χ1n) is 6.22. The fourth-order valence-corrected chi connectivity index (χ4v) is 2.29. The summed E-state index contributed by atoms with van der Waals surface area (Å²) in [5.74, 6) is 1.78. The summed E-state index contributed by atoms with van der Waals surface area (Å²) in [5.41, 5.74) is 3.67. The van der Waals surface area contributed by atoms with Crippen molar-refractivity contribution < 1.29 is 9.39 Å². The topological polar surface area (TPSA) is 18.5 Å². The number of fused-ring (bicyclic) bond motifs is 1. The molecule has 0 atom stereocenters. The van der Waals surface area contributed by atoms with Gasteiger partial charge >= 0.3 is 6.92 Å². The summed E-state index contributed by atoms with van der Waals surface area (Å²) in [6.07, 6.45) is 0. The van der Waals surface area contributed by atoms with Gasteiger partial charge in [0.1, 0.15) is 11.5 Å². The average Bonchev–Trinajstić information content (AvgIpc) is 2.73. The van der Waals surface area contributed by atoms with E-state index >= 15 is 0 Å². The first-order valence-corrected chi connectivity index (χ1v) is 6.22. The molecular formula is C15H15BO2. The molecule has 0 fully saturated rings. The van der Waals surface area contributed by atoms with Crippen LogP contribution in [0.15, 0.2) is 42.5 Å². The van der Waals surface area contributed by atoms with Crippen molar-refractivity contribution in [3.05, 3.63) is 53.6 Å². The third-order valence-electron chi connectivity index (χ3n) is 3.33. The molecule has 2 nitrogen and oxygen atoms in total. The lowest BCUT2D eigenvalue weighted by molar-refractivity contribution is 0.333. The van der Waals surface area contributed by atoms with Crippen molar-refractivity contribution in [1.29, 1.82) is 0 Å². The standard InChI is InChI=1S/C15H15BO2/c1-11-8-14-12(10-17-16(14)2)9-15(11)18-13-6-4-3-5-7-13/h3-9H,10H2,1-2H3. The highest BCUT2D eigenvalue weighted by atomic mass is 16.5. The van der Waals surface area contributed by atoms with Crippen LogP contribution in [0.3, 0.4) is 0 Å². The Hall–Kier alpha value is -1.74. The van der Waals surface area contributed by atoms with Gasteiger partial charge in [0, 0.05) is 0 Å². The van der Waals surface area contributed by atoms with E-state index in [0.717, 1.165) is 17.1 Å². The minimum Gasteiger partial charge on any atom is -0.457 e. The largest absolute Gasteiger partial charge is 0.457 e. The molecule has 0 radical (unpaired) electrons. The van der Waals surface area contributed by atoms with E-state index in [9.17, 15) is 0 Å². The van der Waals surface area contributed by atoms with Gasteiger partial charge in [-0.1, -0.05) is 31.1 Å². The van der Waals surface area contributed by atoms with Gasteiger partial charge in [0.15, 0.2) is 0 Å². The molecule has 2 aromatic rings. The molecule has 2 aromatic carbocycles. The Morgan fingerprint density at radius 2 is 1.94 bits per heavy atom. The van der Waals surface area contributed by atoms with Gasteiger partial charge in [-0.05, 0) is 41.7 Å². The molecule has 18 heavy (non-hydrogen) atoms. The van der Waals surface area contributed by atoms with E-state index in [1.54, 1.807) is 0 Å². The van der Waals surface area contributed by atoms with E-state index in [4.69, 9.17) is 9.39 Å². The third kappa shape index (κ3) is 2.02. The van der Waals surface area contributed by atoms with E-state index in [1.165, 1.54) is 11.0 Å². The van der Waals surface area contributed by atoms with Crippen LogP contribution in [-0.4, -0.2) is 6.92 Å². The Balaban J connectivity index is 1.94. The molecule has 0 saturated heterocycles. The third-order valence-corrected chi connectivity index (χ3v) is 3.33. The highest BCUT2D eigenvalue weighted by Gasteiger charge is 2.24. The van der Waals surface area contributed by atoms with Gasteiger partial charge in [-0.15, -0.1) is 0 Å². The molecule has 0 spiro atoms. The normalized spacial score (nSPS) is 13.6. The lowest BCUT2D eigenvalue weighted by atomic mass is 9.64. The van der Waals surface area contributed by atoms with Crippen LogP contribution >= 0.6 is 0 Å². The predicted octanol–water partition coefficient (Wildman–Crippen LogP) is 3.15. The second-order valence-electron chi connectivity index (χ2n) is 4.68. The van der Waals surface area contributed by atoms with Crippen LogP contribution in [0.2, 0.25) is 6.82 Å². The van der Waals surface area contributed by atoms with Crippen LogP contribution in [0.25, 0.3) is 0 Å². The number of aryl methyl sites for hydroxylation is 1. The zero-order valence-corrected chi connectivity index (χ0v) is 10.6. The molecule has 0 N–H and O–H groups in total. The Morgan fingerprint density at radius 1 is 1.17 bits per heavy atom. The average molecular weight is 238 g/mol. The Morgan fingerprint density at radius 3 is 2.72 bits per heavy atom. The molecule has 0 bridgehead atoms. The van der Waals surface area contributed by atoms with E-state index in [-0.39, 0.29) is 6.92 Å². The fourth-order valence-electron chi connectivity index (χ4n) is 2.29. The zero-order chi connectivity index (χ0) is 12.5. The minimum atomic E-state index is 0.199. The second-order valence-corrected chi connectivity index (χ2v) is 4.68. The van der Waals surface area contributed by atoms with Crippen LogP contribution in [0.5, 0.6) is 11.5 Å². The molecule has 3 rings (SSSR count). The molecule has 0 unspecified atom stereocenters. The quantitative estimate of drug-likeness (QED) is 0.748. The van der Waals surface area contributed by atoms with Gasteiger partial charge in [0.2, 0.25) is 0 Å². The van der Waals surface area contributed by atoms with E-state index < -0.39 is 0 Å². The molecule has 1 heterocycles. The summed E-state index contributed by atoms with van der Waals surface area (Å²) in [6.45, 7) is 5.04. The zero-order valence-electron chi connectivity index (χ0n) is 10.6. The van der Waals surface area contributed by atoms with Crippen LogP contribution in [0, 0.1) is 6.92 Å². The smallest absolute Gasteiger partial charge is 0.324 e. The molecule has 1 aliphatic heterocycles. The fraction of sp³-hybridized carbons (Fsp3) is 0.200. The maximum atomic E-state index is 5.91. The molecule has 90 valence electrons. The first kappa shape index (κ1) is 11.4. The molecule has 0 aliphatic carbocycles. The van der Waals surface area contributed by atoms with Crippen molar-refractivity contribution in [3.8, 4) is 11.5 Å². The van der Waals surface area contributed by atoms with Crippen LogP contribution in [0.1, 0.15) is 11.1 Å². The van der Waals surface area contributed by atoms with Crippen LogP contribution in [-0.2, 0) is 11.3 Å². The number of hydrogen-bond acceptors (Lipinski definition) is 2. The molecular weight excluding hydrogens is 223 g/mol. The highest BCUT2D eigenvalue weighted by Crippen LogP contribution is 2.27. The molecule has 0 amide bonds. The molecule has 0 aromatic heterocycles. The monoisotopic (exact) mass is 238 g/mol. The highest BCUT2D eigenvalue weighted by molar-refractivity contribution is 6.67. The maximum Gasteiger partial charge on any atom is 0.324 e. The first-order chi connectivity index (χ1) is 8.74. The summed E-state index contributed by atoms with van der Waals surface area (Å²) in [5, 5.41) is 0. The van der Waals surface area contributed by atoms with Crippen molar-refractivity contribution in [1.82, 2.24) is 0 Å². The van der Waals surface area contributed by atoms with Crippen molar-refractivity contribution >= 4 is 12.4 Å². The number of hydrogen-bond donors (Lipinski definition) is 0. The van der Waals surface area contributed by atoms with Crippen molar-refractivity contribution in [2.24, 2.45) is 0 Å². The summed E-state index contributed by atoms with van der Waals surface area (Å²) in [6, 6.07) is 14.1. The number of benzene rings is 2. The minimum absolute atomic E-state index is 0.199. The Bertz CT molecular complexity index is 566. The summed E-state index contributed by atoms with van der Waals surface area (Å²) in [4.78, 5) is 0. The van der Waals surface area contributed by atoms with Crippen LogP contribution < -0.4 is 10.2 Å². The van der Waals surface area contributed by atoms with Gasteiger partial charge in [-0.2, -0.15) is 0 Å². The van der Waals surface area contributed by atoms with Gasteiger partial charge < -0.3 is 9.39 Å². The van der Waals surface area contributed by atoms with Gasteiger partial charge in [0.05, 0.1) is 6.61 Å². The Labute approximate surface area is 108 Å². The molecule has 0 saturated carbocycles.